The van der Waals surface area contributed by atoms with Crippen LogP contribution in [0.2, 0.25) is 0 Å². The molecule has 0 aliphatic carbocycles. The molecule has 0 amide bonds. The normalized spacial score (nSPS) is 12.7. The molecular formula is C14H10BrFN2O2S. The lowest BCUT2D eigenvalue weighted by molar-refractivity contribution is 0.477. The van der Waals surface area contributed by atoms with Crippen LogP contribution in [0.15, 0.2) is 50.5 Å². The molecule has 108 valence electrons. The summed E-state index contributed by atoms with van der Waals surface area (Å²) in [5.41, 5.74) is 8.03. The summed E-state index contributed by atoms with van der Waals surface area (Å²) >= 11 is 3.25. The lowest BCUT2D eigenvalue weighted by atomic mass is 10.2. The van der Waals surface area contributed by atoms with Gasteiger partial charge >= 0.3 is 0 Å². The molecule has 3 aromatic rings. The Morgan fingerprint density at radius 2 is 2.10 bits per heavy atom. The highest BCUT2D eigenvalue weighted by atomic mass is 79.9. The van der Waals surface area contributed by atoms with Crippen molar-refractivity contribution in [2.45, 2.75) is 11.0 Å². The first-order valence-electron chi connectivity index (χ1n) is 6.01. The van der Waals surface area contributed by atoms with Gasteiger partial charge in [-0.2, -0.15) is 0 Å². The number of halogens is 2. The average Bonchev–Trinajstić information content (AvgIpc) is 2.85. The van der Waals surface area contributed by atoms with E-state index >= 15 is 0 Å². The monoisotopic (exact) mass is 368 g/mol. The molecule has 1 heterocycles. The van der Waals surface area contributed by atoms with Crippen LogP contribution in [0.1, 0.15) is 5.56 Å². The number of nitrogens with zero attached hydrogens (tertiary/aromatic N) is 1. The summed E-state index contributed by atoms with van der Waals surface area (Å²) in [5.74, 6) is -0.169. The fourth-order valence-electron chi connectivity index (χ4n) is 1.86. The minimum Gasteiger partial charge on any atom is -0.430 e. The molecule has 0 radical (unpaired) electrons. The van der Waals surface area contributed by atoms with Crippen LogP contribution in [0.25, 0.3) is 11.1 Å². The van der Waals surface area contributed by atoms with Gasteiger partial charge in [0.2, 0.25) is 0 Å². The molecule has 1 unspecified atom stereocenters. The average molecular weight is 369 g/mol. The summed E-state index contributed by atoms with van der Waals surface area (Å²) in [6.45, 7) is 0. The molecule has 0 spiro atoms. The maximum absolute atomic E-state index is 13.0. The van der Waals surface area contributed by atoms with Crippen molar-refractivity contribution in [3.63, 3.8) is 0 Å². The molecule has 0 fully saturated rings. The number of nitrogens with two attached hydrogens (primary N) is 1. The summed E-state index contributed by atoms with van der Waals surface area (Å²) in [6, 6.07) is 9.29. The highest BCUT2D eigenvalue weighted by Crippen LogP contribution is 2.24. The molecule has 0 aliphatic rings. The molecule has 0 saturated carbocycles. The van der Waals surface area contributed by atoms with Gasteiger partial charge in [-0.05, 0) is 29.8 Å². The van der Waals surface area contributed by atoms with E-state index in [4.69, 9.17) is 10.2 Å². The van der Waals surface area contributed by atoms with Gasteiger partial charge < -0.3 is 10.2 Å². The topological polar surface area (TPSA) is 69.1 Å². The van der Waals surface area contributed by atoms with Crippen LogP contribution >= 0.6 is 15.9 Å². The smallest absolute Gasteiger partial charge is 0.288 e. The highest BCUT2D eigenvalue weighted by Gasteiger charge is 2.15. The molecule has 2 N–H and O–H groups in total. The number of hydrogen-bond acceptors (Lipinski definition) is 4. The zero-order chi connectivity index (χ0) is 15.0. The molecule has 1 aromatic heterocycles. The minimum absolute atomic E-state index is 0.131. The molecule has 0 aliphatic heterocycles. The van der Waals surface area contributed by atoms with Crippen LogP contribution in [0.3, 0.4) is 0 Å². The Labute approximate surface area is 130 Å². The Hall–Kier alpha value is -1.73. The third-order valence-electron chi connectivity index (χ3n) is 2.89. The summed E-state index contributed by atoms with van der Waals surface area (Å²) < 4.78 is 31.4. The lowest BCUT2D eigenvalue weighted by Gasteiger charge is -2.02. The Morgan fingerprint density at radius 1 is 1.29 bits per heavy atom. The number of benzene rings is 2. The van der Waals surface area contributed by atoms with Crippen LogP contribution < -0.4 is 5.73 Å². The SMILES string of the molecule is Nc1ccc2nc(S(=O)Cc3ccc(F)cc3Br)oc2c1. The van der Waals surface area contributed by atoms with Crippen molar-refractivity contribution in [2.75, 3.05) is 5.73 Å². The van der Waals surface area contributed by atoms with Crippen LogP contribution in [-0.4, -0.2) is 9.19 Å². The van der Waals surface area contributed by atoms with Gasteiger partial charge in [-0.3, -0.25) is 0 Å². The third-order valence-corrected chi connectivity index (χ3v) is 4.76. The first-order valence-corrected chi connectivity index (χ1v) is 8.12. The van der Waals surface area contributed by atoms with E-state index in [1.165, 1.54) is 12.1 Å². The number of anilines is 1. The van der Waals surface area contributed by atoms with E-state index in [9.17, 15) is 8.60 Å². The second-order valence-corrected chi connectivity index (χ2v) is 6.62. The largest absolute Gasteiger partial charge is 0.430 e. The first kappa shape index (κ1) is 14.2. The summed E-state index contributed by atoms with van der Waals surface area (Å²) in [4.78, 5) is 4.19. The van der Waals surface area contributed by atoms with E-state index < -0.39 is 10.8 Å². The van der Waals surface area contributed by atoms with E-state index in [1.807, 2.05) is 0 Å². The molecule has 1 atom stereocenters. The van der Waals surface area contributed by atoms with Gasteiger partial charge in [0.05, 0.1) is 5.75 Å². The molecule has 0 saturated heterocycles. The van der Waals surface area contributed by atoms with E-state index in [-0.39, 0.29) is 16.8 Å². The molecule has 21 heavy (non-hydrogen) atoms. The number of oxazole rings is 1. The molecule has 3 rings (SSSR count). The summed E-state index contributed by atoms with van der Waals surface area (Å²) in [6.07, 6.45) is 0. The molecule has 2 aromatic carbocycles. The number of rotatable bonds is 3. The summed E-state index contributed by atoms with van der Waals surface area (Å²) in [5, 5.41) is 0.131. The van der Waals surface area contributed by atoms with Crippen molar-refractivity contribution in [2.24, 2.45) is 0 Å². The van der Waals surface area contributed by atoms with E-state index in [2.05, 4.69) is 20.9 Å². The number of aromatic nitrogens is 1. The Morgan fingerprint density at radius 3 is 2.86 bits per heavy atom. The maximum Gasteiger partial charge on any atom is 0.288 e. The predicted molar refractivity (Wildman–Crippen MR) is 82.6 cm³/mol. The van der Waals surface area contributed by atoms with E-state index in [0.717, 1.165) is 5.56 Å². The van der Waals surface area contributed by atoms with Gasteiger partial charge in [0.1, 0.15) is 22.1 Å². The van der Waals surface area contributed by atoms with Crippen LogP contribution in [0.4, 0.5) is 10.1 Å². The van der Waals surface area contributed by atoms with Crippen molar-refractivity contribution >= 4 is 43.5 Å². The van der Waals surface area contributed by atoms with Crippen LogP contribution in [0.5, 0.6) is 0 Å². The molecule has 7 heteroatoms. The first-order chi connectivity index (χ1) is 10.0. The van der Waals surface area contributed by atoms with Gasteiger partial charge in [-0.15, -0.1) is 0 Å². The van der Waals surface area contributed by atoms with Crippen molar-refractivity contribution in [1.82, 2.24) is 4.98 Å². The molecule has 0 bridgehead atoms. The van der Waals surface area contributed by atoms with Gasteiger partial charge in [0.25, 0.3) is 5.22 Å². The molecular weight excluding hydrogens is 359 g/mol. The Bertz CT molecular complexity index is 850. The predicted octanol–water partition coefficient (Wildman–Crippen LogP) is 3.62. The van der Waals surface area contributed by atoms with Crippen molar-refractivity contribution in [3.8, 4) is 0 Å². The minimum atomic E-state index is -1.46. The summed E-state index contributed by atoms with van der Waals surface area (Å²) in [7, 11) is -1.46. The van der Waals surface area contributed by atoms with Gasteiger partial charge in [-0.1, -0.05) is 22.0 Å². The zero-order valence-electron chi connectivity index (χ0n) is 10.7. The molecule has 4 nitrogen and oxygen atoms in total. The lowest BCUT2D eigenvalue weighted by Crippen LogP contribution is -1.98. The maximum atomic E-state index is 13.0. The quantitative estimate of drug-likeness (QED) is 0.716. The second-order valence-electron chi connectivity index (χ2n) is 4.43. The van der Waals surface area contributed by atoms with Gasteiger partial charge in [-0.25, -0.2) is 13.6 Å². The Kier molecular flexibility index (Phi) is 3.77. The van der Waals surface area contributed by atoms with Crippen LogP contribution in [-0.2, 0) is 16.6 Å². The standard InChI is InChI=1S/C14H10BrFN2O2S/c15-11-5-9(16)2-1-8(11)7-21(19)14-18-12-4-3-10(17)6-13(12)20-14/h1-6H,7,17H2. The van der Waals surface area contributed by atoms with Crippen LogP contribution in [0, 0.1) is 5.82 Å². The third kappa shape index (κ3) is 2.98. The fraction of sp³-hybridized carbons (Fsp3) is 0.0714. The number of fused-ring (bicyclic) bond motifs is 1. The van der Waals surface area contributed by atoms with Gasteiger partial charge in [0, 0.05) is 16.2 Å². The number of hydrogen-bond donors (Lipinski definition) is 1. The van der Waals surface area contributed by atoms with Crippen molar-refractivity contribution in [1.29, 1.82) is 0 Å². The Balaban J connectivity index is 1.89. The zero-order valence-corrected chi connectivity index (χ0v) is 13.1. The van der Waals surface area contributed by atoms with E-state index in [0.29, 0.717) is 21.3 Å². The second kappa shape index (κ2) is 5.57. The van der Waals surface area contributed by atoms with E-state index in [1.54, 1.807) is 24.3 Å². The van der Waals surface area contributed by atoms with Crippen molar-refractivity contribution in [3.05, 3.63) is 52.3 Å². The number of nitrogen functional groups attached to an aromatic ring is 1. The fourth-order valence-corrected chi connectivity index (χ4v) is 3.58. The highest BCUT2D eigenvalue weighted by molar-refractivity contribution is 9.10. The van der Waals surface area contributed by atoms with Gasteiger partial charge in [0.15, 0.2) is 5.58 Å². The van der Waals surface area contributed by atoms with Crippen molar-refractivity contribution < 1.29 is 13.0 Å².